The van der Waals surface area contributed by atoms with Crippen molar-refractivity contribution in [2.45, 2.75) is 58.3 Å². The monoisotopic (exact) mass is 457 g/mol. The van der Waals surface area contributed by atoms with Gasteiger partial charge >= 0.3 is 0 Å². The number of pyridine rings is 1. The quantitative estimate of drug-likeness (QED) is 0.247. The number of rotatable bonds is 3. The van der Waals surface area contributed by atoms with E-state index in [1.165, 1.54) is 70.2 Å². The predicted octanol–water partition coefficient (Wildman–Crippen LogP) is 9.56. The van der Waals surface area contributed by atoms with E-state index in [0.717, 1.165) is 34.6 Å². The van der Waals surface area contributed by atoms with Crippen molar-refractivity contribution in [3.8, 4) is 22.8 Å². The molecule has 2 aliphatic rings. The Morgan fingerprint density at radius 2 is 1.71 bits per heavy atom. The molecule has 0 bridgehead atoms. The third-order valence-corrected chi connectivity index (χ3v) is 8.11. The molecule has 7 rings (SSSR count). The maximum atomic E-state index is 6.84. The zero-order valence-corrected chi connectivity index (χ0v) is 20.6. The van der Waals surface area contributed by atoms with E-state index in [2.05, 4.69) is 74.5 Å². The average Bonchev–Trinajstić information content (AvgIpc) is 2.89. The van der Waals surface area contributed by atoms with Crippen LogP contribution in [0.25, 0.3) is 43.6 Å². The topological polar surface area (TPSA) is 22.1 Å². The highest BCUT2D eigenvalue weighted by atomic mass is 16.5. The first-order valence-electron chi connectivity index (χ1n) is 13.3. The molecule has 0 atom stereocenters. The molecule has 0 unspecified atom stereocenters. The van der Waals surface area contributed by atoms with Gasteiger partial charge in [-0.1, -0.05) is 75.6 Å². The van der Waals surface area contributed by atoms with Crippen molar-refractivity contribution < 1.29 is 4.74 Å². The summed E-state index contributed by atoms with van der Waals surface area (Å²) in [7, 11) is 0. The first kappa shape index (κ1) is 20.9. The highest BCUT2D eigenvalue weighted by Crippen LogP contribution is 2.51. The number of ether oxygens (including phenoxy) is 1. The van der Waals surface area contributed by atoms with Crippen LogP contribution >= 0.6 is 0 Å². The SMILES string of the molecule is CC(C)Cc1c2c(cc3ccccc13)-c1nccc3c1c(cc1cc(C4CCCCC4)ccc13)O2. The fourth-order valence-electron chi connectivity index (χ4n) is 6.49. The van der Waals surface area contributed by atoms with Crippen molar-refractivity contribution in [3.63, 3.8) is 0 Å². The predicted molar refractivity (Wildman–Crippen MR) is 147 cm³/mol. The highest BCUT2D eigenvalue weighted by molar-refractivity contribution is 6.16. The molecule has 1 aliphatic carbocycles. The second-order valence-electron chi connectivity index (χ2n) is 10.9. The fourth-order valence-corrected chi connectivity index (χ4v) is 6.49. The van der Waals surface area contributed by atoms with Crippen molar-refractivity contribution in [2.24, 2.45) is 5.92 Å². The molecular formula is C33H31NO. The van der Waals surface area contributed by atoms with Crippen molar-refractivity contribution in [1.82, 2.24) is 4.98 Å². The first-order valence-corrected chi connectivity index (χ1v) is 13.3. The molecule has 4 aromatic carbocycles. The van der Waals surface area contributed by atoms with E-state index in [1.807, 2.05) is 6.20 Å². The minimum absolute atomic E-state index is 0.535. The molecule has 2 heterocycles. The number of aromatic nitrogens is 1. The highest BCUT2D eigenvalue weighted by Gasteiger charge is 2.27. The lowest BCUT2D eigenvalue weighted by atomic mass is 9.83. The van der Waals surface area contributed by atoms with Gasteiger partial charge in [-0.2, -0.15) is 0 Å². The zero-order chi connectivity index (χ0) is 23.5. The molecule has 2 nitrogen and oxygen atoms in total. The minimum Gasteiger partial charge on any atom is -0.456 e. The number of fused-ring (bicyclic) bond motifs is 5. The van der Waals surface area contributed by atoms with Gasteiger partial charge in [-0.3, -0.25) is 4.98 Å². The van der Waals surface area contributed by atoms with Crippen LogP contribution in [-0.2, 0) is 6.42 Å². The summed E-state index contributed by atoms with van der Waals surface area (Å²) in [5.74, 6) is 3.17. The summed E-state index contributed by atoms with van der Waals surface area (Å²) < 4.78 is 6.84. The van der Waals surface area contributed by atoms with Gasteiger partial charge in [-0.05, 0) is 81.8 Å². The third kappa shape index (κ3) is 3.34. The Kier molecular flexibility index (Phi) is 4.84. The lowest BCUT2D eigenvalue weighted by molar-refractivity contribution is 0.444. The summed E-state index contributed by atoms with van der Waals surface area (Å²) in [6, 6.07) is 22.5. The third-order valence-electron chi connectivity index (χ3n) is 8.11. The van der Waals surface area contributed by atoms with Crippen LogP contribution in [0.3, 0.4) is 0 Å². The molecule has 2 heteroatoms. The standard InChI is InChI=1S/C33H31NO/c1-20(2)16-28-25-11-7-6-10-23(25)18-29-32-31-27(14-15-34-32)26-13-12-22(21-8-4-3-5-9-21)17-24(26)19-30(31)35-33(28)29/h6-7,10-15,17-21H,3-5,8-9,16H2,1-2H3. The lowest BCUT2D eigenvalue weighted by Gasteiger charge is -2.26. The van der Waals surface area contributed by atoms with E-state index in [4.69, 9.17) is 9.72 Å². The Hall–Kier alpha value is -3.39. The van der Waals surface area contributed by atoms with Crippen molar-refractivity contribution in [1.29, 1.82) is 0 Å². The van der Waals surface area contributed by atoms with Gasteiger partial charge in [0.2, 0.25) is 0 Å². The molecule has 35 heavy (non-hydrogen) atoms. The maximum absolute atomic E-state index is 6.84. The number of benzene rings is 4. The van der Waals surface area contributed by atoms with Gasteiger partial charge in [0.1, 0.15) is 11.5 Å². The molecule has 0 radical (unpaired) electrons. The van der Waals surface area contributed by atoms with Crippen molar-refractivity contribution >= 4 is 32.3 Å². The Morgan fingerprint density at radius 3 is 2.57 bits per heavy atom. The van der Waals surface area contributed by atoms with E-state index in [1.54, 1.807) is 0 Å². The van der Waals surface area contributed by atoms with Gasteiger partial charge in [0.05, 0.1) is 11.1 Å². The van der Waals surface area contributed by atoms with E-state index in [9.17, 15) is 0 Å². The number of nitrogens with zero attached hydrogens (tertiary/aromatic N) is 1. The summed E-state index contributed by atoms with van der Waals surface area (Å²) >= 11 is 0. The van der Waals surface area contributed by atoms with Crippen LogP contribution in [-0.4, -0.2) is 4.98 Å². The zero-order valence-electron chi connectivity index (χ0n) is 20.6. The normalized spacial score (nSPS) is 15.6. The smallest absolute Gasteiger partial charge is 0.140 e. The van der Waals surface area contributed by atoms with Crippen LogP contribution in [0.15, 0.2) is 66.9 Å². The van der Waals surface area contributed by atoms with E-state index >= 15 is 0 Å². The Morgan fingerprint density at radius 1 is 0.857 bits per heavy atom. The molecule has 0 saturated heterocycles. The van der Waals surface area contributed by atoms with E-state index < -0.39 is 0 Å². The Bertz CT molecular complexity index is 1610. The molecule has 1 aromatic heterocycles. The molecule has 1 fully saturated rings. The van der Waals surface area contributed by atoms with Gasteiger partial charge in [0.25, 0.3) is 0 Å². The fraction of sp³-hybridized carbons (Fsp3) is 0.303. The molecule has 5 aromatic rings. The maximum Gasteiger partial charge on any atom is 0.140 e. The van der Waals surface area contributed by atoms with E-state index in [-0.39, 0.29) is 0 Å². The molecule has 0 spiro atoms. The van der Waals surface area contributed by atoms with Gasteiger partial charge in [-0.15, -0.1) is 0 Å². The van der Waals surface area contributed by atoms with E-state index in [0.29, 0.717) is 11.8 Å². The molecule has 1 aliphatic heterocycles. The van der Waals surface area contributed by atoms with Crippen LogP contribution < -0.4 is 4.74 Å². The Balaban J connectivity index is 1.49. The summed E-state index contributed by atoms with van der Waals surface area (Å²) in [4.78, 5) is 4.92. The number of hydrogen-bond donors (Lipinski definition) is 0. The van der Waals surface area contributed by atoms with Crippen molar-refractivity contribution in [3.05, 3.63) is 78.0 Å². The van der Waals surface area contributed by atoms with Crippen LogP contribution in [0.4, 0.5) is 0 Å². The lowest BCUT2D eigenvalue weighted by Crippen LogP contribution is -2.06. The second kappa shape index (κ2) is 8.09. The summed E-state index contributed by atoms with van der Waals surface area (Å²) in [6.45, 7) is 4.56. The first-order chi connectivity index (χ1) is 17.2. The van der Waals surface area contributed by atoms with Gasteiger partial charge in [-0.25, -0.2) is 0 Å². The molecule has 0 amide bonds. The molecule has 0 N–H and O–H groups in total. The summed E-state index contributed by atoms with van der Waals surface area (Å²) in [5, 5.41) is 7.50. The van der Waals surface area contributed by atoms with Crippen molar-refractivity contribution in [2.75, 3.05) is 0 Å². The van der Waals surface area contributed by atoms with Crippen LogP contribution in [0, 0.1) is 5.92 Å². The molecular weight excluding hydrogens is 426 g/mol. The summed E-state index contributed by atoms with van der Waals surface area (Å²) in [5.41, 5.74) is 4.96. The van der Waals surface area contributed by atoms with Crippen LogP contribution in [0.5, 0.6) is 11.5 Å². The Labute approximate surface area is 207 Å². The second-order valence-corrected chi connectivity index (χ2v) is 10.9. The minimum atomic E-state index is 0.535. The van der Waals surface area contributed by atoms with Gasteiger partial charge < -0.3 is 4.74 Å². The largest absolute Gasteiger partial charge is 0.456 e. The summed E-state index contributed by atoms with van der Waals surface area (Å²) in [6.07, 6.45) is 9.68. The van der Waals surface area contributed by atoms with Crippen LogP contribution in [0.2, 0.25) is 0 Å². The van der Waals surface area contributed by atoms with Gasteiger partial charge in [0, 0.05) is 17.3 Å². The molecule has 174 valence electrons. The molecule has 1 saturated carbocycles. The number of hydrogen-bond acceptors (Lipinski definition) is 2. The van der Waals surface area contributed by atoms with Gasteiger partial charge in [0.15, 0.2) is 0 Å². The van der Waals surface area contributed by atoms with Crippen LogP contribution in [0.1, 0.15) is 63.0 Å². The average molecular weight is 458 g/mol.